The summed E-state index contributed by atoms with van der Waals surface area (Å²) in [5, 5.41) is 17.9. The van der Waals surface area contributed by atoms with E-state index in [1.165, 1.54) is 24.3 Å². The molecule has 0 fully saturated rings. The third-order valence-corrected chi connectivity index (χ3v) is 3.56. The SMILES string of the molecule is N#Cc1cc(N)c(OCc2cc(F)ccc2C#N)c(I)c1. The highest BCUT2D eigenvalue weighted by Crippen LogP contribution is 2.30. The van der Waals surface area contributed by atoms with E-state index in [0.717, 1.165) is 0 Å². The van der Waals surface area contributed by atoms with Crippen molar-refractivity contribution in [2.45, 2.75) is 6.61 Å². The van der Waals surface area contributed by atoms with Crippen molar-refractivity contribution in [3.8, 4) is 17.9 Å². The number of ether oxygens (including phenoxy) is 1. The topological polar surface area (TPSA) is 82.8 Å². The second kappa shape index (κ2) is 6.42. The molecule has 2 aromatic rings. The van der Waals surface area contributed by atoms with Gasteiger partial charge in [0.15, 0.2) is 5.75 Å². The molecule has 0 saturated carbocycles. The third-order valence-electron chi connectivity index (χ3n) is 2.76. The normalized spacial score (nSPS) is 9.71. The fraction of sp³-hybridized carbons (Fsp3) is 0.0667. The molecule has 0 aliphatic rings. The van der Waals surface area contributed by atoms with Crippen LogP contribution in [0.3, 0.4) is 0 Å². The van der Waals surface area contributed by atoms with E-state index in [1.54, 1.807) is 6.07 Å². The zero-order valence-corrected chi connectivity index (χ0v) is 12.9. The van der Waals surface area contributed by atoms with Crippen molar-refractivity contribution in [1.29, 1.82) is 10.5 Å². The van der Waals surface area contributed by atoms with Gasteiger partial charge in [0.1, 0.15) is 12.4 Å². The van der Waals surface area contributed by atoms with Gasteiger partial charge in [-0.15, -0.1) is 0 Å². The van der Waals surface area contributed by atoms with Crippen LogP contribution in [0.2, 0.25) is 0 Å². The summed E-state index contributed by atoms with van der Waals surface area (Å²) in [6.45, 7) is 0.0206. The molecule has 21 heavy (non-hydrogen) atoms. The number of benzene rings is 2. The molecule has 2 N–H and O–H groups in total. The number of anilines is 1. The summed E-state index contributed by atoms with van der Waals surface area (Å²) in [5.74, 6) is -0.0159. The fourth-order valence-electron chi connectivity index (χ4n) is 1.77. The molecule has 6 heteroatoms. The Hall–Kier alpha value is -2.32. The minimum atomic E-state index is -0.435. The van der Waals surface area contributed by atoms with Crippen LogP contribution >= 0.6 is 22.6 Å². The van der Waals surface area contributed by atoms with E-state index < -0.39 is 5.82 Å². The van der Waals surface area contributed by atoms with Gasteiger partial charge in [-0.05, 0) is 52.9 Å². The van der Waals surface area contributed by atoms with E-state index >= 15 is 0 Å². The molecule has 0 atom stereocenters. The maximum atomic E-state index is 13.2. The van der Waals surface area contributed by atoms with Crippen molar-refractivity contribution in [3.05, 3.63) is 56.4 Å². The van der Waals surface area contributed by atoms with Crippen LogP contribution in [-0.4, -0.2) is 0 Å². The summed E-state index contributed by atoms with van der Waals surface area (Å²) in [5.41, 5.74) is 7.39. The van der Waals surface area contributed by atoms with Crippen LogP contribution in [0.4, 0.5) is 10.1 Å². The highest BCUT2D eigenvalue weighted by molar-refractivity contribution is 14.1. The zero-order chi connectivity index (χ0) is 15.4. The van der Waals surface area contributed by atoms with E-state index in [9.17, 15) is 4.39 Å². The lowest BCUT2D eigenvalue weighted by Gasteiger charge is -2.12. The van der Waals surface area contributed by atoms with Crippen molar-refractivity contribution >= 4 is 28.3 Å². The van der Waals surface area contributed by atoms with Crippen molar-refractivity contribution in [2.24, 2.45) is 0 Å². The molecular formula is C15H9FIN3O. The van der Waals surface area contributed by atoms with Gasteiger partial charge in [-0.1, -0.05) is 0 Å². The number of hydrogen-bond acceptors (Lipinski definition) is 4. The smallest absolute Gasteiger partial charge is 0.156 e. The predicted molar refractivity (Wildman–Crippen MR) is 83.7 cm³/mol. The van der Waals surface area contributed by atoms with Gasteiger partial charge in [0.25, 0.3) is 0 Å². The van der Waals surface area contributed by atoms with Crippen molar-refractivity contribution in [3.63, 3.8) is 0 Å². The van der Waals surface area contributed by atoms with E-state index in [0.29, 0.717) is 31.7 Å². The summed E-state index contributed by atoms with van der Waals surface area (Å²) >= 11 is 2.01. The molecule has 0 spiro atoms. The number of hydrogen-bond donors (Lipinski definition) is 1. The summed E-state index contributed by atoms with van der Waals surface area (Å²) in [6, 6.07) is 11.0. The Balaban J connectivity index is 2.28. The molecule has 0 aliphatic heterocycles. The van der Waals surface area contributed by atoms with Crippen molar-refractivity contribution < 1.29 is 9.13 Å². The first-order valence-electron chi connectivity index (χ1n) is 5.85. The van der Waals surface area contributed by atoms with E-state index in [1.807, 2.05) is 34.7 Å². The van der Waals surface area contributed by atoms with Gasteiger partial charge in [0.05, 0.1) is 32.5 Å². The van der Waals surface area contributed by atoms with E-state index in [2.05, 4.69) is 0 Å². The van der Waals surface area contributed by atoms with E-state index in [4.69, 9.17) is 21.0 Å². The molecule has 0 bridgehead atoms. The highest BCUT2D eigenvalue weighted by Gasteiger charge is 2.11. The number of nitriles is 2. The maximum Gasteiger partial charge on any atom is 0.156 e. The van der Waals surface area contributed by atoms with Crippen LogP contribution in [0.25, 0.3) is 0 Å². The van der Waals surface area contributed by atoms with E-state index in [-0.39, 0.29) is 6.61 Å². The van der Waals surface area contributed by atoms with Crippen molar-refractivity contribution in [1.82, 2.24) is 0 Å². The zero-order valence-electron chi connectivity index (χ0n) is 10.7. The van der Waals surface area contributed by atoms with Gasteiger partial charge in [-0.3, -0.25) is 0 Å². The Morgan fingerprint density at radius 2 is 1.95 bits per heavy atom. The molecule has 0 saturated heterocycles. The Morgan fingerprint density at radius 3 is 2.57 bits per heavy atom. The lowest BCUT2D eigenvalue weighted by atomic mass is 10.1. The third kappa shape index (κ3) is 3.41. The second-order valence-electron chi connectivity index (χ2n) is 4.19. The molecule has 4 nitrogen and oxygen atoms in total. The van der Waals surface area contributed by atoms with Gasteiger partial charge in [0, 0.05) is 5.56 Å². The average molecular weight is 393 g/mol. The lowest BCUT2D eigenvalue weighted by molar-refractivity contribution is 0.305. The lowest BCUT2D eigenvalue weighted by Crippen LogP contribution is -2.03. The van der Waals surface area contributed by atoms with Gasteiger partial charge >= 0.3 is 0 Å². The number of nitrogens with zero attached hydrogens (tertiary/aromatic N) is 2. The number of halogens is 2. The monoisotopic (exact) mass is 393 g/mol. The van der Waals surface area contributed by atoms with Gasteiger partial charge in [-0.2, -0.15) is 10.5 Å². The van der Waals surface area contributed by atoms with Crippen LogP contribution in [0.5, 0.6) is 5.75 Å². The van der Waals surface area contributed by atoms with Crippen molar-refractivity contribution in [2.75, 3.05) is 5.73 Å². The first kappa shape index (κ1) is 15.1. The Kier molecular flexibility index (Phi) is 4.61. The standard InChI is InChI=1S/C15H9FIN3O/c16-12-2-1-10(7-19)11(5-12)8-21-15-13(17)3-9(6-18)4-14(15)20/h1-5H,8,20H2. The summed E-state index contributed by atoms with van der Waals surface area (Å²) in [7, 11) is 0. The molecule has 104 valence electrons. The molecule has 2 rings (SSSR count). The first-order chi connectivity index (χ1) is 10.0. The van der Waals surface area contributed by atoms with Gasteiger partial charge in [0.2, 0.25) is 0 Å². The summed E-state index contributed by atoms with van der Waals surface area (Å²) in [4.78, 5) is 0. The predicted octanol–water partition coefficient (Wildman–Crippen LogP) is 3.33. The van der Waals surface area contributed by atoms with Crippen LogP contribution in [0.1, 0.15) is 16.7 Å². The second-order valence-corrected chi connectivity index (χ2v) is 5.35. The van der Waals surface area contributed by atoms with Gasteiger partial charge in [-0.25, -0.2) is 4.39 Å². The average Bonchev–Trinajstić information content (AvgIpc) is 2.46. The number of nitrogens with two attached hydrogens (primary N) is 1. The molecule has 0 unspecified atom stereocenters. The molecule has 0 aromatic heterocycles. The Bertz CT molecular complexity index is 754. The molecular weight excluding hydrogens is 384 g/mol. The summed E-state index contributed by atoms with van der Waals surface area (Å²) < 4.78 is 19.5. The van der Waals surface area contributed by atoms with Crippen LogP contribution in [0.15, 0.2) is 30.3 Å². The van der Waals surface area contributed by atoms with Gasteiger partial charge < -0.3 is 10.5 Å². The fourth-order valence-corrected chi connectivity index (χ4v) is 2.57. The minimum absolute atomic E-state index is 0.0206. The first-order valence-corrected chi connectivity index (χ1v) is 6.93. The molecule has 0 radical (unpaired) electrons. The largest absolute Gasteiger partial charge is 0.486 e. The number of rotatable bonds is 3. The summed E-state index contributed by atoms with van der Waals surface area (Å²) in [6.07, 6.45) is 0. The molecule has 0 aliphatic carbocycles. The molecule has 2 aromatic carbocycles. The number of nitrogen functional groups attached to an aromatic ring is 1. The maximum absolute atomic E-state index is 13.2. The quantitative estimate of drug-likeness (QED) is 0.641. The molecule has 0 amide bonds. The Morgan fingerprint density at radius 1 is 1.19 bits per heavy atom. The van der Waals surface area contributed by atoms with Crippen LogP contribution < -0.4 is 10.5 Å². The Labute approximate surface area is 134 Å². The molecule has 0 heterocycles. The van der Waals surface area contributed by atoms with Crippen LogP contribution in [-0.2, 0) is 6.61 Å². The highest BCUT2D eigenvalue weighted by atomic mass is 127. The minimum Gasteiger partial charge on any atom is -0.486 e. The van der Waals surface area contributed by atoms with Crippen LogP contribution in [0, 0.1) is 32.0 Å².